The van der Waals surface area contributed by atoms with Crippen LogP contribution < -0.4 is 5.32 Å². The molecule has 0 bridgehead atoms. The summed E-state index contributed by atoms with van der Waals surface area (Å²) in [5.74, 6) is 0. The lowest BCUT2D eigenvalue weighted by molar-refractivity contribution is 0.474. The molecule has 1 heteroatoms. The first kappa shape index (κ1) is 11.0. The van der Waals surface area contributed by atoms with Crippen LogP contribution in [0.1, 0.15) is 37.7 Å². The van der Waals surface area contributed by atoms with E-state index in [9.17, 15) is 0 Å². The maximum Gasteiger partial charge on any atom is 0.0322 e. The Morgan fingerprint density at radius 1 is 1.00 bits per heavy atom. The molecule has 0 saturated heterocycles. The van der Waals surface area contributed by atoms with E-state index in [1.165, 1.54) is 50.6 Å². The Balaban J connectivity index is 1.78. The Morgan fingerprint density at radius 3 is 2.71 bits per heavy atom. The van der Waals surface area contributed by atoms with Gasteiger partial charge in [-0.3, -0.25) is 0 Å². The van der Waals surface area contributed by atoms with Gasteiger partial charge in [0.25, 0.3) is 0 Å². The zero-order valence-electron chi connectivity index (χ0n) is 10.4. The minimum atomic E-state index is 0.612. The van der Waals surface area contributed by atoms with Gasteiger partial charge in [0.2, 0.25) is 0 Å². The van der Waals surface area contributed by atoms with Crippen molar-refractivity contribution >= 4 is 0 Å². The molecule has 0 amide bonds. The van der Waals surface area contributed by atoms with Crippen molar-refractivity contribution in [3.05, 3.63) is 47.0 Å². The first-order chi connectivity index (χ1) is 8.43. The normalized spacial score (nSPS) is 24.6. The Morgan fingerprint density at radius 2 is 1.82 bits per heavy atom. The van der Waals surface area contributed by atoms with Crippen LogP contribution in [0.4, 0.5) is 0 Å². The minimum absolute atomic E-state index is 0.612. The minimum Gasteiger partial charge on any atom is -0.310 e. The molecule has 1 N–H and O–H groups in total. The van der Waals surface area contributed by atoms with E-state index < -0.39 is 0 Å². The van der Waals surface area contributed by atoms with E-state index in [0.717, 1.165) is 0 Å². The summed E-state index contributed by atoms with van der Waals surface area (Å²) in [4.78, 5) is 0. The van der Waals surface area contributed by atoms with Gasteiger partial charge in [0.1, 0.15) is 0 Å². The Labute approximate surface area is 104 Å². The molecule has 1 aromatic rings. The lowest BCUT2D eigenvalue weighted by Gasteiger charge is -2.33. The lowest BCUT2D eigenvalue weighted by atomic mass is 9.81. The van der Waals surface area contributed by atoms with Gasteiger partial charge < -0.3 is 5.32 Å². The van der Waals surface area contributed by atoms with Gasteiger partial charge in [0.15, 0.2) is 0 Å². The summed E-state index contributed by atoms with van der Waals surface area (Å²) in [5.41, 5.74) is 4.98. The van der Waals surface area contributed by atoms with Crippen LogP contribution in [0, 0.1) is 0 Å². The summed E-state index contributed by atoms with van der Waals surface area (Å²) in [6, 6.07) is 11.5. The zero-order chi connectivity index (χ0) is 11.5. The predicted octanol–water partition coefficient (Wildman–Crippen LogP) is 3.46. The summed E-state index contributed by atoms with van der Waals surface area (Å²) in [6.07, 6.45) is 7.96. The average molecular weight is 227 g/mol. The first-order valence-electron chi connectivity index (χ1n) is 6.91. The fourth-order valence-electron chi connectivity index (χ4n) is 3.26. The fourth-order valence-corrected chi connectivity index (χ4v) is 3.26. The summed E-state index contributed by atoms with van der Waals surface area (Å²) in [6.45, 7) is 1.18. The molecule has 1 aliphatic heterocycles. The van der Waals surface area contributed by atoms with Crippen molar-refractivity contribution < 1.29 is 0 Å². The highest BCUT2D eigenvalue weighted by Gasteiger charge is 2.24. The van der Waals surface area contributed by atoms with Gasteiger partial charge in [-0.05, 0) is 50.6 Å². The topological polar surface area (TPSA) is 12.0 Å². The lowest BCUT2D eigenvalue weighted by Crippen LogP contribution is -2.39. The monoisotopic (exact) mass is 227 g/mol. The highest BCUT2D eigenvalue weighted by Crippen LogP contribution is 2.32. The second-order valence-corrected chi connectivity index (χ2v) is 5.28. The second kappa shape index (κ2) is 5.05. The second-order valence-electron chi connectivity index (χ2n) is 5.28. The van der Waals surface area contributed by atoms with Gasteiger partial charge in [0, 0.05) is 6.04 Å². The van der Waals surface area contributed by atoms with Crippen LogP contribution >= 0.6 is 0 Å². The molecule has 0 fully saturated rings. The molecule has 0 saturated carbocycles. The first-order valence-corrected chi connectivity index (χ1v) is 6.91. The quantitative estimate of drug-likeness (QED) is 0.763. The largest absolute Gasteiger partial charge is 0.310 e. The van der Waals surface area contributed by atoms with Crippen LogP contribution in [0.5, 0.6) is 0 Å². The van der Waals surface area contributed by atoms with Crippen LogP contribution in [-0.4, -0.2) is 12.6 Å². The zero-order valence-corrected chi connectivity index (χ0v) is 10.4. The molecule has 1 aliphatic carbocycles. The maximum absolute atomic E-state index is 3.71. The number of hydrogen-bond acceptors (Lipinski definition) is 1. The number of rotatable bonds is 2. The van der Waals surface area contributed by atoms with Crippen LogP contribution in [-0.2, 0) is 6.42 Å². The van der Waals surface area contributed by atoms with E-state index in [4.69, 9.17) is 0 Å². The van der Waals surface area contributed by atoms with E-state index in [1.54, 1.807) is 11.1 Å². The SMILES string of the molecule is c1ccc(CC2NCCC3=C2CCCC3)cc1. The summed E-state index contributed by atoms with van der Waals surface area (Å²) >= 11 is 0. The van der Waals surface area contributed by atoms with Gasteiger partial charge in [-0.1, -0.05) is 41.5 Å². The Hall–Kier alpha value is -1.08. The summed E-state index contributed by atoms with van der Waals surface area (Å²) in [5, 5.41) is 3.71. The smallest absolute Gasteiger partial charge is 0.0322 e. The molecule has 1 atom stereocenters. The number of hydrogen-bond donors (Lipinski definition) is 1. The van der Waals surface area contributed by atoms with Crippen molar-refractivity contribution in [2.24, 2.45) is 0 Å². The molecular formula is C16H21N. The predicted molar refractivity (Wildman–Crippen MR) is 72.0 cm³/mol. The van der Waals surface area contributed by atoms with Gasteiger partial charge in [0.05, 0.1) is 0 Å². The van der Waals surface area contributed by atoms with E-state index in [0.29, 0.717) is 6.04 Å². The van der Waals surface area contributed by atoms with Crippen molar-refractivity contribution in [1.82, 2.24) is 5.32 Å². The fraction of sp³-hybridized carbons (Fsp3) is 0.500. The molecule has 0 spiro atoms. The molecule has 90 valence electrons. The third kappa shape index (κ3) is 2.44. The van der Waals surface area contributed by atoms with Crippen LogP contribution in [0.25, 0.3) is 0 Å². The van der Waals surface area contributed by atoms with Crippen LogP contribution in [0.15, 0.2) is 41.5 Å². The highest BCUT2D eigenvalue weighted by molar-refractivity contribution is 5.28. The number of benzene rings is 1. The van der Waals surface area contributed by atoms with E-state index in [-0.39, 0.29) is 0 Å². The van der Waals surface area contributed by atoms with E-state index in [2.05, 4.69) is 35.6 Å². The number of nitrogens with one attached hydrogen (secondary N) is 1. The van der Waals surface area contributed by atoms with Gasteiger partial charge in [-0.15, -0.1) is 0 Å². The molecule has 17 heavy (non-hydrogen) atoms. The van der Waals surface area contributed by atoms with Crippen LogP contribution in [0.2, 0.25) is 0 Å². The average Bonchev–Trinajstić information content (AvgIpc) is 2.40. The molecule has 3 rings (SSSR count). The van der Waals surface area contributed by atoms with E-state index in [1.807, 2.05) is 0 Å². The molecule has 1 heterocycles. The van der Waals surface area contributed by atoms with Crippen molar-refractivity contribution in [3.63, 3.8) is 0 Å². The molecule has 0 aromatic heterocycles. The van der Waals surface area contributed by atoms with E-state index >= 15 is 0 Å². The Kier molecular flexibility index (Phi) is 3.28. The third-order valence-electron chi connectivity index (χ3n) is 4.15. The van der Waals surface area contributed by atoms with Crippen molar-refractivity contribution in [3.8, 4) is 0 Å². The summed E-state index contributed by atoms with van der Waals surface area (Å²) in [7, 11) is 0. The Bertz CT molecular complexity index is 401. The molecule has 2 aliphatic rings. The molecular weight excluding hydrogens is 206 g/mol. The highest BCUT2D eigenvalue weighted by atomic mass is 14.9. The van der Waals surface area contributed by atoms with Crippen molar-refractivity contribution in [1.29, 1.82) is 0 Å². The van der Waals surface area contributed by atoms with Gasteiger partial charge >= 0.3 is 0 Å². The molecule has 1 nitrogen and oxygen atoms in total. The van der Waals surface area contributed by atoms with Crippen LogP contribution in [0.3, 0.4) is 0 Å². The van der Waals surface area contributed by atoms with Gasteiger partial charge in [-0.25, -0.2) is 0 Å². The summed E-state index contributed by atoms with van der Waals surface area (Å²) < 4.78 is 0. The molecule has 1 unspecified atom stereocenters. The molecule has 1 aromatic carbocycles. The molecule has 0 radical (unpaired) electrons. The third-order valence-corrected chi connectivity index (χ3v) is 4.15. The van der Waals surface area contributed by atoms with Crippen molar-refractivity contribution in [2.75, 3.05) is 6.54 Å². The maximum atomic E-state index is 3.71. The van der Waals surface area contributed by atoms with Crippen molar-refractivity contribution in [2.45, 2.75) is 44.6 Å². The standard InChI is InChI=1S/C16H21N/c1-2-6-13(7-3-1)12-16-15-9-5-4-8-14(15)10-11-17-16/h1-3,6-7,16-17H,4-5,8-12H2. The van der Waals surface area contributed by atoms with Gasteiger partial charge in [-0.2, -0.15) is 0 Å².